The average molecular weight is 375 g/mol. The molecule has 0 aliphatic carbocycles. The highest BCUT2D eigenvalue weighted by atomic mass is 16.5. The third kappa shape index (κ3) is 8.65. The molecule has 1 saturated heterocycles. The molecule has 1 heterocycles. The molecule has 5 nitrogen and oxygen atoms in total. The molecule has 0 bridgehead atoms. The molecule has 1 fully saturated rings. The first kappa shape index (κ1) is 21.5. The maximum Gasteiger partial charge on any atom is 0.191 e. The van der Waals surface area contributed by atoms with Gasteiger partial charge < -0.3 is 20.3 Å². The molecule has 27 heavy (non-hydrogen) atoms. The van der Waals surface area contributed by atoms with Crippen molar-refractivity contribution in [2.75, 3.05) is 32.7 Å². The highest BCUT2D eigenvalue weighted by molar-refractivity contribution is 5.79. The van der Waals surface area contributed by atoms with Crippen LogP contribution < -0.4 is 15.4 Å². The van der Waals surface area contributed by atoms with E-state index in [1.165, 1.54) is 45.3 Å². The number of rotatable bonds is 9. The smallest absolute Gasteiger partial charge is 0.191 e. The molecule has 2 N–H and O–H groups in total. The summed E-state index contributed by atoms with van der Waals surface area (Å²) in [7, 11) is 0. The Balaban J connectivity index is 1.82. The first-order chi connectivity index (χ1) is 13.0. The monoisotopic (exact) mass is 374 g/mol. The first-order valence-electron chi connectivity index (χ1n) is 10.5. The van der Waals surface area contributed by atoms with Crippen LogP contribution in [0.3, 0.4) is 0 Å². The van der Waals surface area contributed by atoms with Gasteiger partial charge in [-0.3, -0.25) is 0 Å². The van der Waals surface area contributed by atoms with Crippen molar-refractivity contribution in [3.8, 4) is 5.75 Å². The summed E-state index contributed by atoms with van der Waals surface area (Å²) in [6.07, 6.45) is 5.16. The molecule has 1 aromatic rings. The van der Waals surface area contributed by atoms with Gasteiger partial charge in [0, 0.05) is 18.7 Å². The van der Waals surface area contributed by atoms with Crippen molar-refractivity contribution in [2.24, 2.45) is 4.99 Å². The maximum atomic E-state index is 6.07. The Bertz CT molecular complexity index is 574. The van der Waals surface area contributed by atoms with Crippen LogP contribution in [0.15, 0.2) is 29.3 Å². The van der Waals surface area contributed by atoms with Crippen LogP contribution in [0.25, 0.3) is 0 Å². The molecule has 5 heteroatoms. The molecule has 0 radical (unpaired) electrons. The second kappa shape index (κ2) is 11.2. The summed E-state index contributed by atoms with van der Waals surface area (Å²) < 4.78 is 6.07. The number of ether oxygens (including phenoxy) is 1. The van der Waals surface area contributed by atoms with E-state index in [0.717, 1.165) is 30.4 Å². The van der Waals surface area contributed by atoms with Gasteiger partial charge in [-0.2, -0.15) is 0 Å². The molecule has 1 aromatic carbocycles. The van der Waals surface area contributed by atoms with Gasteiger partial charge in [0.15, 0.2) is 5.96 Å². The number of aliphatic imine (C=N–C) groups is 1. The Morgan fingerprint density at radius 3 is 2.56 bits per heavy atom. The molecule has 0 atom stereocenters. The van der Waals surface area contributed by atoms with Crippen LogP contribution in [0.1, 0.15) is 58.9 Å². The van der Waals surface area contributed by atoms with Gasteiger partial charge in [0.05, 0.1) is 6.54 Å². The first-order valence-corrected chi connectivity index (χ1v) is 10.5. The molecule has 0 amide bonds. The van der Waals surface area contributed by atoms with Crippen molar-refractivity contribution < 1.29 is 4.74 Å². The number of nitrogens with zero attached hydrogens (tertiary/aromatic N) is 2. The lowest BCUT2D eigenvalue weighted by Crippen LogP contribution is -2.38. The molecule has 1 aliphatic heterocycles. The lowest BCUT2D eigenvalue weighted by Gasteiger charge is -2.23. The van der Waals surface area contributed by atoms with Gasteiger partial charge in [0.2, 0.25) is 0 Å². The zero-order valence-electron chi connectivity index (χ0n) is 17.7. The Hall–Kier alpha value is -1.75. The van der Waals surface area contributed by atoms with Gasteiger partial charge >= 0.3 is 0 Å². The molecule has 1 aliphatic rings. The van der Waals surface area contributed by atoms with Crippen LogP contribution in [0.5, 0.6) is 5.75 Å². The number of hydrogen-bond donors (Lipinski definition) is 2. The number of nitrogens with one attached hydrogen (secondary N) is 2. The fourth-order valence-corrected chi connectivity index (χ4v) is 3.24. The van der Waals surface area contributed by atoms with Crippen LogP contribution >= 0.6 is 0 Å². The number of likely N-dealkylation sites (tertiary alicyclic amines) is 1. The van der Waals surface area contributed by atoms with Crippen LogP contribution in [-0.2, 0) is 6.54 Å². The molecule has 2 rings (SSSR count). The summed E-state index contributed by atoms with van der Waals surface area (Å²) in [5.41, 5.74) is 0.899. The minimum Gasteiger partial charge on any atom is -0.488 e. The van der Waals surface area contributed by atoms with E-state index in [0.29, 0.717) is 6.54 Å². The van der Waals surface area contributed by atoms with Crippen LogP contribution in [0, 0.1) is 0 Å². The molecular weight excluding hydrogens is 336 g/mol. The molecular formula is C22H38N4O. The van der Waals surface area contributed by atoms with E-state index in [-0.39, 0.29) is 5.60 Å². The fourth-order valence-electron chi connectivity index (χ4n) is 3.24. The minimum atomic E-state index is -0.210. The van der Waals surface area contributed by atoms with E-state index < -0.39 is 0 Å². The van der Waals surface area contributed by atoms with Crippen molar-refractivity contribution in [3.05, 3.63) is 29.8 Å². The van der Waals surface area contributed by atoms with E-state index >= 15 is 0 Å². The minimum absolute atomic E-state index is 0.210. The van der Waals surface area contributed by atoms with E-state index in [4.69, 9.17) is 9.73 Å². The number of benzene rings is 1. The molecule has 0 unspecified atom stereocenters. The SMILES string of the molecule is CCNC(=NCc1ccccc1OC(C)(C)C)NCCCCN1CCCC1. The fraction of sp³-hybridized carbons (Fsp3) is 0.682. The van der Waals surface area contributed by atoms with E-state index in [1.807, 2.05) is 18.2 Å². The van der Waals surface area contributed by atoms with Crippen molar-refractivity contribution in [1.29, 1.82) is 0 Å². The van der Waals surface area contributed by atoms with Crippen molar-refractivity contribution >= 4 is 5.96 Å². The normalized spacial score (nSPS) is 15.8. The van der Waals surface area contributed by atoms with Crippen LogP contribution in [0.2, 0.25) is 0 Å². The summed E-state index contributed by atoms with van der Waals surface area (Å²) in [6, 6.07) is 8.16. The van der Waals surface area contributed by atoms with Crippen molar-refractivity contribution in [3.63, 3.8) is 0 Å². The van der Waals surface area contributed by atoms with Gasteiger partial charge in [0.25, 0.3) is 0 Å². The maximum absolute atomic E-state index is 6.07. The number of para-hydroxylation sites is 1. The van der Waals surface area contributed by atoms with Gasteiger partial charge in [-0.1, -0.05) is 18.2 Å². The number of guanidine groups is 1. The standard InChI is InChI=1S/C22H38N4O/c1-5-23-21(24-14-8-9-15-26-16-10-11-17-26)25-18-19-12-6-7-13-20(19)27-22(2,3)4/h6-7,12-13H,5,8-11,14-18H2,1-4H3,(H2,23,24,25). The predicted molar refractivity (Wildman–Crippen MR) is 115 cm³/mol. The zero-order chi connectivity index (χ0) is 19.5. The summed E-state index contributed by atoms with van der Waals surface area (Å²) in [5, 5.41) is 6.80. The third-order valence-corrected chi connectivity index (χ3v) is 4.53. The van der Waals surface area contributed by atoms with Crippen LogP contribution in [-0.4, -0.2) is 49.2 Å². The lowest BCUT2D eigenvalue weighted by atomic mass is 10.1. The zero-order valence-corrected chi connectivity index (χ0v) is 17.7. The average Bonchev–Trinajstić information content (AvgIpc) is 3.12. The largest absolute Gasteiger partial charge is 0.488 e. The highest BCUT2D eigenvalue weighted by Crippen LogP contribution is 2.23. The highest BCUT2D eigenvalue weighted by Gasteiger charge is 2.14. The summed E-state index contributed by atoms with van der Waals surface area (Å²) in [6.45, 7) is 14.5. The Morgan fingerprint density at radius 2 is 1.85 bits per heavy atom. The third-order valence-electron chi connectivity index (χ3n) is 4.53. The van der Waals surface area contributed by atoms with E-state index in [2.05, 4.69) is 49.3 Å². The van der Waals surface area contributed by atoms with Gasteiger partial charge in [0.1, 0.15) is 11.4 Å². The van der Waals surface area contributed by atoms with E-state index in [9.17, 15) is 0 Å². The van der Waals surface area contributed by atoms with Gasteiger partial charge in [-0.05, 0) is 79.1 Å². The Kier molecular flexibility index (Phi) is 8.92. The lowest BCUT2D eigenvalue weighted by molar-refractivity contribution is 0.129. The predicted octanol–water partition coefficient (Wildman–Crippen LogP) is 3.80. The van der Waals surface area contributed by atoms with Crippen LogP contribution in [0.4, 0.5) is 0 Å². The van der Waals surface area contributed by atoms with Crippen molar-refractivity contribution in [1.82, 2.24) is 15.5 Å². The quantitative estimate of drug-likeness (QED) is 0.392. The molecule has 0 spiro atoms. The second-order valence-corrected chi connectivity index (χ2v) is 8.20. The Labute approximate surface area is 165 Å². The van der Waals surface area contributed by atoms with Gasteiger partial charge in [-0.15, -0.1) is 0 Å². The van der Waals surface area contributed by atoms with Crippen molar-refractivity contribution in [2.45, 2.75) is 65.5 Å². The number of hydrogen-bond acceptors (Lipinski definition) is 3. The summed E-state index contributed by atoms with van der Waals surface area (Å²) >= 11 is 0. The second-order valence-electron chi connectivity index (χ2n) is 8.20. The molecule has 152 valence electrons. The van der Waals surface area contributed by atoms with E-state index in [1.54, 1.807) is 0 Å². The summed E-state index contributed by atoms with van der Waals surface area (Å²) in [5.74, 6) is 1.79. The Morgan fingerprint density at radius 1 is 1.11 bits per heavy atom. The number of unbranched alkanes of at least 4 members (excludes halogenated alkanes) is 1. The van der Waals surface area contributed by atoms with Gasteiger partial charge in [-0.25, -0.2) is 4.99 Å². The molecule has 0 aromatic heterocycles. The topological polar surface area (TPSA) is 48.9 Å². The molecule has 0 saturated carbocycles. The summed E-state index contributed by atoms with van der Waals surface area (Å²) in [4.78, 5) is 7.33.